The Hall–Kier alpha value is -1.40. The van der Waals surface area contributed by atoms with Crippen molar-refractivity contribution in [2.45, 2.75) is 18.9 Å². The Morgan fingerprint density at radius 3 is 2.76 bits per heavy atom. The molecule has 2 atom stereocenters. The molecule has 3 aliphatic heterocycles. The number of aromatic nitrogens is 3. The standard InChI is InChI=1S/C15H18N4OS/c1-2-17-19(3-1)13-6-16-15(21-13)20-14-11-4-10-5-12(14)9-18(7-10)8-11/h1-3,6,10-12,14H,4-5,7-9H2. The van der Waals surface area contributed by atoms with Gasteiger partial charge in [-0.1, -0.05) is 11.3 Å². The van der Waals surface area contributed by atoms with Crippen LogP contribution in [0.5, 0.6) is 5.19 Å². The van der Waals surface area contributed by atoms with Gasteiger partial charge in [-0.05, 0) is 24.8 Å². The van der Waals surface area contributed by atoms with E-state index < -0.39 is 0 Å². The van der Waals surface area contributed by atoms with Crippen molar-refractivity contribution in [3.8, 4) is 10.2 Å². The minimum absolute atomic E-state index is 0.370. The molecule has 21 heavy (non-hydrogen) atoms. The van der Waals surface area contributed by atoms with Crippen LogP contribution < -0.4 is 4.74 Å². The van der Waals surface area contributed by atoms with Gasteiger partial charge in [0.2, 0.25) is 0 Å². The molecule has 0 radical (unpaired) electrons. The van der Waals surface area contributed by atoms with Crippen LogP contribution in [0.2, 0.25) is 0 Å². The normalized spacial score (nSPS) is 37.0. The van der Waals surface area contributed by atoms with E-state index in [9.17, 15) is 0 Å². The molecule has 0 spiro atoms. The summed E-state index contributed by atoms with van der Waals surface area (Å²) < 4.78 is 8.15. The van der Waals surface area contributed by atoms with Gasteiger partial charge in [-0.3, -0.25) is 0 Å². The predicted molar refractivity (Wildman–Crippen MR) is 79.8 cm³/mol. The first-order chi connectivity index (χ1) is 10.3. The Kier molecular flexibility index (Phi) is 2.64. The van der Waals surface area contributed by atoms with Crippen molar-refractivity contribution in [2.24, 2.45) is 17.8 Å². The summed E-state index contributed by atoms with van der Waals surface area (Å²) in [4.78, 5) is 7.07. The summed E-state index contributed by atoms with van der Waals surface area (Å²) in [5.74, 6) is 2.32. The molecule has 5 nitrogen and oxygen atoms in total. The highest BCUT2D eigenvalue weighted by Gasteiger charge is 2.48. The predicted octanol–water partition coefficient (Wildman–Crippen LogP) is 2.05. The second kappa shape index (κ2) is 4.55. The van der Waals surface area contributed by atoms with Crippen LogP contribution in [-0.2, 0) is 0 Å². The Balaban J connectivity index is 1.36. The van der Waals surface area contributed by atoms with Crippen molar-refractivity contribution in [1.29, 1.82) is 0 Å². The lowest BCUT2D eigenvalue weighted by molar-refractivity contribution is -0.0985. The van der Waals surface area contributed by atoms with Crippen LogP contribution in [0.4, 0.5) is 0 Å². The van der Waals surface area contributed by atoms with E-state index >= 15 is 0 Å². The third-order valence-electron chi connectivity index (χ3n) is 5.14. The maximum Gasteiger partial charge on any atom is 0.275 e. The van der Waals surface area contributed by atoms with E-state index in [1.54, 1.807) is 17.5 Å². The summed E-state index contributed by atoms with van der Waals surface area (Å²) in [6, 6.07) is 1.92. The lowest BCUT2D eigenvalue weighted by atomic mass is 9.66. The molecule has 4 aliphatic rings. The van der Waals surface area contributed by atoms with E-state index in [0.29, 0.717) is 17.9 Å². The van der Waals surface area contributed by atoms with Crippen molar-refractivity contribution < 1.29 is 4.74 Å². The number of hydrogen-bond donors (Lipinski definition) is 0. The van der Waals surface area contributed by atoms with Gasteiger partial charge in [-0.15, -0.1) is 0 Å². The lowest BCUT2D eigenvalue weighted by Crippen LogP contribution is -2.61. The van der Waals surface area contributed by atoms with Crippen LogP contribution >= 0.6 is 11.3 Å². The zero-order valence-electron chi connectivity index (χ0n) is 11.8. The zero-order chi connectivity index (χ0) is 13.8. The van der Waals surface area contributed by atoms with Gasteiger partial charge in [-0.25, -0.2) is 9.67 Å². The van der Waals surface area contributed by atoms with Crippen LogP contribution in [0, 0.1) is 17.8 Å². The summed E-state index contributed by atoms with van der Waals surface area (Å²) in [6.07, 6.45) is 8.63. The van der Waals surface area contributed by atoms with Gasteiger partial charge in [0, 0.05) is 43.9 Å². The summed E-state index contributed by atoms with van der Waals surface area (Å²) in [6.45, 7) is 3.75. The minimum Gasteiger partial charge on any atom is -0.466 e. The van der Waals surface area contributed by atoms with Gasteiger partial charge in [0.1, 0.15) is 11.1 Å². The molecule has 2 unspecified atom stereocenters. The van der Waals surface area contributed by atoms with E-state index in [-0.39, 0.29) is 0 Å². The number of hydrogen-bond acceptors (Lipinski definition) is 5. The molecular formula is C15H18N4OS. The number of nitrogens with zero attached hydrogens (tertiary/aromatic N) is 4. The van der Waals surface area contributed by atoms with E-state index in [1.165, 1.54) is 32.5 Å². The van der Waals surface area contributed by atoms with Crippen LogP contribution in [0.25, 0.3) is 5.00 Å². The quantitative estimate of drug-likeness (QED) is 0.870. The lowest BCUT2D eigenvalue weighted by Gasteiger charge is -2.55. The largest absolute Gasteiger partial charge is 0.466 e. The van der Waals surface area contributed by atoms with Crippen LogP contribution in [0.3, 0.4) is 0 Å². The number of rotatable bonds is 3. The highest BCUT2D eigenvalue weighted by atomic mass is 32.1. The van der Waals surface area contributed by atoms with E-state index in [1.807, 2.05) is 23.1 Å². The minimum atomic E-state index is 0.370. The smallest absolute Gasteiger partial charge is 0.275 e. The third-order valence-corrected chi connectivity index (χ3v) is 6.02. The average Bonchev–Trinajstić information content (AvgIpc) is 3.13. The van der Waals surface area contributed by atoms with Crippen LogP contribution in [-0.4, -0.2) is 45.4 Å². The van der Waals surface area contributed by atoms with Crippen LogP contribution in [0.15, 0.2) is 24.7 Å². The first-order valence-electron chi connectivity index (χ1n) is 7.70. The first kappa shape index (κ1) is 12.2. The molecule has 6 heteroatoms. The number of piperidine rings is 3. The summed E-state index contributed by atoms with van der Waals surface area (Å²) in [5, 5.41) is 6.06. The second-order valence-electron chi connectivity index (χ2n) is 6.57. The molecule has 2 aromatic rings. The molecule has 4 fully saturated rings. The van der Waals surface area contributed by atoms with Gasteiger partial charge >= 0.3 is 0 Å². The SMILES string of the molecule is c1cnn(-c2cnc(OC3C4CC5CC3CN(C5)C4)s2)c1. The molecule has 5 heterocycles. The van der Waals surface area contributed by atoms with Crippen molar-refractivity contribution >= 4 is 11.3 Å². The van der Waals surface area contributed by atoms with Gasteiger partial charge in [0.25, 0.3) is 5.19 Å². The summed E-state index contributed by atoms with van der Waals surface area (Å²) in [5.41, 5.74) is 0. The number of thiazole rings is 1. The Morgan fingerprint density at radius 1 is 1.19 bits per heavy atom. The Morgan fingerprint density at radius 2 is 2.05 bits per heavy atom. The fourth-order valence-electron chi connectivity index (χ4n) is 4.48. The molecular weight excluding hydrogens is 284 g/mol. The zero-order valence-corrected chi connectivity index (χ0v) is 12.6. The van der Waals surface area contributed by atoms with E-state index in [2.05, 4.69) is 15.0 Å². The molecule has 1 saturated carbocycles. The third kappa shape index (κ3) is 2.00. The molecule has 0 aromatic carbocycles. The highest BCUT2D eigenvalue weighted by Crippen LogP contribution is 2.45. The van der Waals surface area contributed by atoms with E-state index in [0.717, 1.165) is 16.1 Å². The maximum atomic E-state index is 6.31. The molecule has 6 rings (SSSR count). The van der Waals surface area contributed by atoms with Crippen LogP contribution in [0.1, 0.15) is 12.8 Å². The molecule has 4 bridgehead atoms. The van der Waals surface area contributed by atoms with E-state index in [4.69, 9.17) is 4.74 Å². The highest BCUT2D eigenvalue weighted by molar-refractivity contribution is 7.15. The van der Waals surface area contributed by atoms with Crippen molar-refractivity contribution in [2.75, 3.05) is 19.6 Å². The van der Waals surface area contributed by atoms with Gasteiger partial charge < -0.3 is 9.64 Å². The Labute approximate surface area is 127 Å². The fraction of sp³-hybridized carbons (Fsp3) is 0.600. The first-order valence-corrected chi connectivity index (χ1v) is 8.51. The molecule has 0 N–H and O–H groups in total. The maximum absolute atomic E-state index is 6.31. The van der Waals surface area contributed by atoms with Crippen molar-refractivity contribution in [1.82, 2.24) is 19.7 Å². The Bertz CT molecular complexity index is 610. The van der Waals surface area contributed by atoms with Gasteiger partial charge in [0.05, 0.1) is 6.20 Å². The molecule has 110 valence electrons. The molecule has 3 saturated heterocycles. The fourth-order valence-corrected chi connectivity index (χ4v) is 5.23. The molecule has 0 amide bonds. The van der Waals surface area contributed by atoms with Gasteiger partial charge in [-0.2, -0.15) is 5.10 Å². The molecule has 1 aliphatic carbocycles. The van der Waals surface area contributed by atoms with Gasteiger partial charge in [0.15, 0.2) is 0 Å². The average molecular weight is 302 g/mol. The monoisotopic (exact) mass is 302 g/mol. The topological polar surface area (TPSA) is 43.2 Å². The second-order valence-corrected chi connectivity index (χ2v) is 7.55. The van der Waals surface area contributed by atoms with Crippen molar-refractivity contribution in [3.63, 3.8) is 0 Å². The van der Waals surface area contributed by atoms with Crippen molar-refractivity contribution in [3.05, 3.63) is 24.7 Å². The summed E-state index contributed by atoms with van der Waals surface area (Å²) >= 11 is 1.59. The number of ether oxygens (including phenoxy) is 1. The molecule has 2 aromatic heterocycles. The summed E-state index contributed by atoms with van der Waals surface area (Å²) in [7, 11) is 0.